The average Bonchev–Trinajstić information content (AvgIpc) is 2.73. The first-order valence-corrected chi connectivity index (χ1v) is 8.24. The van der Waals surface area contributed by atoms with Crippen molar-refractivity contribution in [2.24, 2.45) is 0 Å². The van der Waals surface area contributed by atoms with Crippen molar-refractivity contribution < 1.29 is 0 Å². The van der Waals surface area contributed by atoms with Crippen molar-refractivity contribution in [1.82, 2.24) is 10.3 Å². The Hall–Kier alpha value is -0.420. The number of nitrogens with zero attached hydrogens (tertiary/aromatic N) is 1. The molecule has 0 radical (unpaired) electrons. The second-order valence-corrected chi connectivity index (χ2v) is 6.69. The fraction of sp³-hybridized carbons (Fsp3) is 0.357. The molecule has 0 fully saturated rings. The third kappa shape index (κ3) is 4.28. The molecule has 1 aromatic carbocycles. The molecule has 2 aromatic rings. The first-order valence-electron chi connectivity index (χ1n) is 6.19. The minimum Gasteiger partial charge on any atom is -0.310 e. The molecule has 19 heavy (non-hydrogen) atoms. The topological polar surface area (TPSA) is 24.9 Å². The Morgan fingerprint density at radius 2 is 2.21 bits per heavy atom. The number of halogens is 2. The fourth-order valence-corrected chi connectivity index (χ4v) is 3.71. The monoisotopic (exact) mass is 358 g/mol. The van der Waals surface area contributed by atoms with Gasteiger partial charge in [0, 0.05) is 33.0 Å². The predicted molar refractivity (Wildman–Crippen MR) is 86.1 cm³/mol. The van der Waals surface area contributed by atoms with Crippen molar-refractivity contribution >= 4 is 38.9 Å². The van der Waals surface area contributed by atoms with Gasteiger partial charge in [0.25, 0.3) is 0 Å². The van der Waals surface area contributed by atoms with Crippen LogP contribution in [0.25, 0.3) is 0 Å². The smallest absolute Gasteiger partial charge is 0.0947 e. The van der Waals surface area contributed by atoms with Crippen LogP contribution in [0.15, 0.2) is 28.1 Å². The molecule has 0 bridgehead atoms. The van der Waals surface area contributed by atoms with Crippen molar-refractivity contribution in [3.63, 3.8) is 0 Å². The highest BCUT2D eigenvalue weighted by Gasteiger charge is 2.14. The van der Waals surface area contributed by atoms with Gasteiger partial charge in [-0.25, -0.2) is 4.98 Å². The van der Waals surface area contributed by atoms with Crippen LogP contribution in [0.3, 0.4) is 0 Å². The van der Waals surface area contributed by atoms with E-state index < -0.39 is 0 Å². The third-order valence-electron chi connectivity index (χ3n) is 2.78. The number of hydrogen-bond acceptors (Lipinski definition) is 3. The molecule has 0 saturated carbocycles. The van der Waals surface area contributed by atoms with Crippen LogP contribution >= 0.6 is 38.9 Å². The lowest BCUT2D eigenvalue weighted by Gasteiger charge is -2.18. The van der Waals surface area contributed by atoms with Gasteiger partial charge in [-0.3, -0.25) is 0 Å². The van der Waals surface area contributed by atoms with Crippen molar-refractivity contribution in [1.29, 1.82) is 0 Å². The predicted octanol–water partition coefficient (Wildman–Crippen LogP) is 4.76. The summed E-state index contributed by atoms with van der Waals surface area (Å²) in [5, 5.41) is 7.49. The lowest BCUT2D eigenvalue weighted by Crippen LogP contribution is -2.23. The van der Waals surface area contributed by atoms with E-state index in [4.69, 9.17) is 11.6 Å². The van der Waals surface area contributed by atoms with E-state index in [0.717, 1.165) is 33.2 Å². The summed E-state index contributed by atoms with van der Waals surface area (Å²) >= 11 is 11.3. The van der Waals surface area contributed by atoms with Crippen LogP contribution in [0.2, 0.25) is 5.02 Å². The Kier molecular flexibility index (Phi) is 5.39. The van der Waals surface area contributed by atoms with Gasteiger partial charge in [-0.1, -0.05) is 34.5 Å². The molecular weight excluding hydrogens is 344 g/mol. The van der Waals surface area contributed by atoms with Gasteiger partial charge in [0.1, 0.15) is 0 Å². The van der Waals surface area contributed by atoms with Crippen LogP contribution in [0.1, 0.15) is 29.2 Å². The molecule has 1 aromatic heterocycles. The SMILES string of the molecule is CCNC(Cc1nc(C)cs1)c1cc(Cl)cc(Br)c1. The molecule has 0 amide bonds. The molecule has 102 valence electrons. The number of rotatable bonds is 5. The maximum absolute atomic E-state index is 6.13. The van der Waals surface area contributed by atoms with Gasteiger partial charge in [-0.15, -0.1) is 11.3 Å². The van der Waals surface area contributed by atoms with Gasteiger partial charge in [-0.05, 0) is 37.2 Å². The summed E-state index contributed by atoms with van der Waals surface area (Å²) in [4.78, 5) is 4.54. The standard InChI is InChI=1S/C14H16BrClN2S/c1-3-17-13(7-14-18-9(2)8-19-14)10-4-11(15)6-12(16)5-10/h4-6,8,13,17H,3,7H2,1-2H3. The maximum Gasteiger partial charge on any atom is 0.0947 e. The van der Waals surface area contributed by atoms with E-state index in [9.17, 15) is 0 Å². The van der Waals surface area contributed by atoms with E-state index in [-0.39, 0.29) is 6.04 Å². The number of likely N-dealkylation sites (N-methyl/N-ethyl adjacent to an activating group) is 1. The van der Waals surface area contributed by atoms with Gasteiger partial charge in [0.15, 0.2) is 0 Å². The highest BCUT2D eigenvalue weighted by molar-refractivity contribution is 9.10. The number of thiazole rings is 1. The average molecular weight is 360 g/mol. The first kappa shape index (κ1) is 15.0. The van der Waals surface area contributed by atoms with Gasteiger partial charge in [-0.2, -0.15) is 0 Å². The number of hydrogen-bond donors (Lipinski definition) is 1. The minimum atomic E-state index is 0.241. The Morgan fingerprint density at radius 1 is 1.42 bits per heavy atom. The lowest BCUT2D eigenvalue weighted by molar-refractivity contribution is 0.548. The maximum atomic E-state index is 6.13. The molecule has 1 unspecified atom stereocenters. The molecule has 1 atom stereocenters. The van der Waals surface area contributed by atoms with Crippen molar-refractivity contribution in [2.45, 2.75) is 26.3 Å². The molecule has 0 saturated heterocycles. The summed E-state index contributed by atoms with van der Waals surface area (Å²) in [7, 11) is 0. The summed E-state index contributed by atoms with van der Waals surface area (Å²) < 4.78 is 1.01. The molecule has 1 heterocycles. The summed E-state index contributed by atoms with van der Waals surface area (Å²) in [5.74, 6) is 0. The Bertz CT molecular complexity index is 536. The highest BCUT2D eigenvalue weighted by Crippen LogP contribution is 2.26. The quantitative estimate of drug-likeness (QED) is 0.832. The van der Waals surface area contributed by atoms with Crippen LogP contribution in [0, 0.1) is 6.92 Å². The summed E-state index contributed by atoms with van der Waals surface area (Å²) in [6.07, 6.45) is 0.888. The van der Waals surface area contributed by atoms with E-state index in [2.05, 4.69) is 44.6 Å². The lowest BCUT2D eigenvalue weighted by atomic mass is 10.0. The molecule has 0 aliphatic rings. The Morgan fingerprint density at radius 3 is 2.79 bits per heavy atom. The number of nitrogens with one attached hydrogen (secondary N) is 1. The van der Waals surface area contributed by atoms with E-state index in [1.165, 1.54) is 5.56 Å². The molecule has 2 nitrogen and oxygen atoms in total. The molecular formula is C14H16BrClN2S. The summed E-state index contributed by atoms with van der Waals surface area (Å²) in [5.41, 5.74) is 2.27. The number of aromatic nitrogens is 1. The summed E-state index contributed by atoms with van der Waals surface area (Å²) in [6, 6.07) is 6.27. The van der Waals surface area contributed by atoms with Gasteiger partial charge in [0.05, 0.1) is 5.01 Å². The zero-order valence-corrected chi connectivity index (χ0v) is 14.1. The van der Waals surface area contributed by atoms with Gasteiger partial charge >= 0.3 is 0 Å². The van der Waals surface area contributed by atoms with Gasteiger partial charge < -0.3 is 5.32 Å². The van der Waals surface area contributed by atoms with Gasteiger partial charge in [0.2, 0.25) is 0 Å². The first-order chi connectivity index (χ1) is 9.08. The molecule has 5 heteroatoms. The van der Waals surface area contributed by atoms with Crippen LogP contribution in [0.5, 0.6) is 0 Å². The third-order valence-corrected chi connectivity index (χ3v) is 4.45. The Balaban J connectivity index is 2.23. The second-order valence-electron chi connectivity index (χ2n) is 4.40. The molecule has 0 aliphatic heterocycles. The van der Waals surface area contributed by atoms with Crippen molar-refractivity contribution in [2.75, 3.05) is 6.54 Å². The minimum absolute atomic E-state index is 0.241. The molecule has 2 rings (SSSR count). The van der Waals surface area contributed by atoms with Crippen LogP contribution < -0.4 is 5.32 Å². The van der Waals surface area contributed by atoms with E-state index in [0.29, 0.717) is 0 Å². The largest absolute Gasteiger partial charge is 0.310 e. The van der Waals surface area contributed by atoms with Crippen LogP contribution in [-0.2, 0) is 6.42 Å². The van der Waals surface area contributed by atoms with E-state index in [1.54, 1.807) is 11.3 Å². The van der Waals surface area contributed by atoms with E-state index in [1.807, 2.05) is 19.1 Å². The zero-order valence-electron chi connectivity index (χ0n) is 10.9. The zero-order chi connectivity index (χ0) is 13.8. The van der Waals surface area contributed by atoms with E-state index >= 15 is 0 Å². The highest BCUT2D eigenvalue weighted by atomic mass is 79.9. The fourth-order valence-electron chi connectivity index (χ4n) is 2.00. The number of benzene rings is 1. The molecule has 1 N–H and O–H groups in total. The van der Waals surface area contributed by atoms with Crippen LogP contribution in [-0.4, -0.2) is 11.5 Å². The number of aryl methyl sites for hydroxylation is 1. The second kappa shape index (κ2) is 6.84. The van der Waals surface area contributed by atoms with Crippen molar-refractivity contribution in [3.05, 3.63) is 49.3 Å². The molecule has 0 spiro atoms. The molecule has 0 aliphatic carbocycles. The normalized spacial score (nSPS) is 12.6. The van der Waals surface area contributed by atoms with Crippen molar-refractivity contribution in [3.8, 4) is 0 Å². The Labute approximate surface area is 131 Å². The van der Waals surface area contributed by atoms with Crippen LogP contribution in [0.4, 0.5) is 0 Å². The summed E-state index contributed by atoms with van der Waals surface area (Å²) in [6.45, 7) is 5.05.